The number of nitrogens with zero attached hydrogens (tertiary/aromatic N) is 2. The molecule has 2 aromatic heterocycles. The number of anilines is 1. The van der Waals surface area contributed by atoms with E-state index in [1.54, 1.807) is 36.4 Å². The molecule has 5 rings (SSSR count). The highest BCUT2D eigenvalue weighted by molar-refractivity contribution is 5.98. The van der Waals surface area contributed by atoms with Crippen LogP contribution in [0.3, 0.4) is 0 Å². The van der Waals surface area contributed by atoms with Gasteiger partial charge in [0.1, 0.15) is 18.1 Å². The van der Waals surface area contributed by atoms with Gasteiger partial charge in [0.05, 0.1) is 30.3 Å². The second kappa shape index (κ2) is 12.9. The Hall–Kier alpha value is -5.38. The topological polar surface area (TPSA) is 125 Å². The highest BCUT2D eigenvalue weighted by Crippen LogP contribution is 2.17. The summed E-state index contributed by atoms with van der Waals surface area (Å²) >= 11 is 0. The van der Waals surface area contributed by atoms with Crippen molar-refractivity contribution in [1.82, 2.24) is 14.5 Å². The molecule has 0 spiro atoms. The van der Waals surface area contributed by atoms with Crippen LogP contribution in [0.15, 0.2) is 105 Å². The van der Waals surface area contributed by atoms with Gasteiger partial charge in [-0.05, 0) is 73.5 Å². The number of carbonyl (C=O) groups is 2. The van der Waals surface area contributed by atoms with E-state index in [0.29, 0.717) is 36.8 Å². The van der Waals surface area contributed by atoms with Crippen LogP contribution in [0.2, 0.25) is 0 Å². The average molecular weight is 567 g/mol. The minimum Gasteiger partial charge on any atom is -0.494 e. The largest absolute Gasteiger partial charge is 0.494 e. The molecule has 0 radical (unpaired) electrons. The van der Waals surface area contributed by atoms with E-state index in [2.05, 4.69) is 10.6 Å². The Morgan fingerprint density at radius 2 is 1.69 bits per heavy atom. The van der Waals surface area contributed by atoms with Crippen molar-refractivity contribution in [3.8, 4) is 5.75 Å². The number of aromatic nitrogens is 2. The Morgan fingerprint density at radius 3 is 2.40 bits per heavy atom. The third kappa shape index (κ3) is 6.49. The van der Waals surface area contributed by atoms with Crippen LogP contribution in [0.4, 0.5) is 5.69 Å². The van der Waals surface area contributed by atoms with Crippen molar-refractivity contribution in [1.29, 1.82) is 0 Å². The molecule has 5 aromatic rings. The number of carbonyl (C=O) groups excluding carboxylic acids is 2. The third-order valence-electron chi connectivity index (χ3n) is 6.67. The van der Waals surface area contributed by atoms with Crippen LogP contribution in [0.25, 0.3) is 10.9 Å². The normalized spacial score (nSPS) is 10.9. The van der Waals surface area contributed by atoms with Crippen LogP contribution >= 0.6 is 0 Å². The first-order valence-electron chi connectivity index (χ1n) is 13.6. The quantitative estimate of drug-likeness (QED) is 0.251. The molecular weight excluding hydrogens is 536 g/mol. The molecule has 0 saturated carbocycles. The summed E-state index contributed by atoms with van der Waals surface area (Å²) in [4.78, 5) is 53.1. The number of rotatable bonds is 11. The van der Waals surface area contributed by atoms with E-state index in [-0.39, 0.29) is 35.5 Å². The fourth-order valence-corrected chi connectivity index (χ4v) is 4.62. The number of hydrogen-bond donors (Lipinski definition) is 2. The Kier molecular flexibility index (Phi) is 8.62. The molecule has 0 aliphatic rings. The lowest BCUT2D eigenvalue weighted by molar-refractivity contribution is -0.116. The fourth-order valence-electron chi connectivity index (χ4n) is 4.62. The molecule has 0 aliphatic carbocycles. The summed E-state index contributed by atoms with van der Waals surface area (Å²) in [5.41, 5.74) is 0.791. The molecule has 10 nitrogen and oxygen atoms in total. The zero-order chi connectivity index (χ0) is 29.5. The van der Waals surface area contributed by atoms with Crippen LogP contribution in [0, 0.1) is 0 Å². The van der Waals surface area contributed by atoms with E-state index in [1.165, 1.54) is 29.0 Å². The van der Waals surface area contributed by atoms with Gasteiger partial charge in [-0.1, -0.05) is 30.3 Å². The highest BCUT2D eigenvalue weighted by Gasteiger charge is 2.18. The summed E-state index contributed by atoms with van der Waals surface area (Å²) in [6, 6.07) is 24.4. The molecule has 2 N–H and O–H groups in total. The van der Waals surface area contributed by atoms with Gasteiger partial charge in [0.15, 0.2) is 0 Å². The Morgan fingerprint density at radius 1 is 0.905 bits per heavy atom. The molecule has 0 atom stereocenters. The van der Waals surface area contributed by atoms with E-state index < -0.39 is 17.2 Å². The second-order valence-electron chi connectivity index (χ2n) is 9.57. The van der Waals surface area contributed by atoms with Gasteiger partial charge in [-0.3, -0.25) is 23.5 Å². The first-order chi connectivity index (χ1) is 20.4. The van der Waals surface area contributed by atoms with Crippen LogP contribution in [-0.2, 0) is 24.3 Å². The molecule has 2 heterocycles. The first kappa shape index (κ1) is 28.2. The Labute approximate surface area is 241 Å². The standard InChI is InChI=1S/C32H30N4O6/c1-2-41-25-13-11-24(12-14-25)34-29(37)21-35-28-19-23(30(38)33-17-16-22-7-4-3-5-8-22)10-15-27(28)31(39)36(32(35)40)20-26-9-6-18-42-26/h3-15,18-19H,2,16-17,20-21H2,1H3,(H,33,38)(H,34,37). The molecule has 3 aromatic carbocycles. The molecule has 0 bridgehead atoms. The van der Waals surface area contributed by atoms with Crippen LogP contribution in [0.1, 0.15) is 28.6 Å². The fraction of sp³-hybridized carbons (Fsp3) is 0.188. The summed E-state index contributed by atoms with van der Waals surface area (Å²) in [6.45, 7) is 2.30. The smallest absolute Gasteiger partial charge is 0.332 e. The van der Waals surface area contributed by atoms with E-state index >= 15 is 0 Å². The molecule has 42 heavy (non-hydrogen) atoms. The minimum absolute atomic E-state index is 0.108. The Bertz CT molecular complexity index is 1810. The first-order valence-corrected chi connectivity index (χ1v) is 13.6. The number of benzene rings is 3. The zero-order valence-electron chi connectivity index (χ0n) is 23.0. The molecule has 2 amide bonds. The molecule has 0 saturated heterocycles. The summed E-state index contributed by atoms with van der Waals surface area (Å²) in [5.74, 6) is 0.236. The number of nitrogens with one attached hydrogen (secondary N) is 2. The van der Waals surface area contributed by atoms with Gasteiger partial charge < -0.3 is 19.8 Å². The number of hydrogen-bond acceptors (Lipinski definition) is 6. The molecule has 214 valence electrons. The number of fused-ring (bicyclic) bond motifs is 1. The summed E-state index contributed by atoms with van der Waals surface area (Å²) in [7, 11) is 0. The summed E-state index contributed by atoms with van der Waals surface area (Å²) in [5, 5.41) is 5.84. The van der Waals surface area contributed by atoms with Gasteiger partial charge in [-0.2, -0.15) is 0 Å². The lowest BCUT2D eigenvalue weighted by Crippen LogP contribution is -2.42. The maximum absolute atomic E-state index is 13.6. The maximum atomic E-state index is 13.6. The van der Waals surface area contributed by atoms with Crippen molar-refractivity contribution >= 4 is 28.4 Å². The van der Waals surface area contributed by atoms with Crippen LogP contribution in [0.5, 0.6) is 5.75 Å². The summed E-state index contributed by atoms with van der Waals surface area (Å²) in [6.07, 6.45) is 2.10. The lowest BCUT2D eigenvalue weighted by Gasteiger charge is -2.15. The lowest BCUT2D eigenvalue weighted by atomic mass is 10.1. The SMILES string of the molecule is CCOc1ccc(NC(=O)Cn2c(=O)n(Cc3ccco3)c(=O)c3ccc(C(=O)NCCc4ccccc4)cc32)cc1. The van der Waals surface area contributed by atoms with Gasteiger partial charge in [0.2, 0.25) is 5.91 Å². The molecule has 0 fully saturated rings. The van der Waals surface area contributed by atoms with Crippen molar-refractivity contribution in [3.63, 3.8) is 0 Å². The monoisotopic (exact) mass is 566 g/mol. The minimum atomic E-state index is -0.702. The maximum Gasteiger partial charge on any atom is 0.332 e. The Balaban J connectivity index is 1.45. The number of furan rings is 1. The van der Waals surface area contributed by atoms with E-state index in [4.69, 9.17) is 9.15 Å². The van der Waals surface area contributed by atoms with E-state index in [1.807, 2.05) is 37.3 Å². The van der Waals surface area contributed by atoms with Crippen LogP contribution < -0.4 is 26.6 Å². The van der Waals surface area contributed by atoms with E-state index in [9.17, 15) is 19.2 Å². The van der Waals surface area contributed by atoms with Crippen molar-refractivity contribution in [2.24, 2.45) is 0 Å². The van der Waals surface area contributed by atoms with Gasteiger partial charge in [-0.25, -0.2) is 4.79 Å². The van der Waals surface area contributed by atoms with Crippen molar-refractivity contribution < 1.29 is 18.7 Å². The molecule has 0 aliphatic heterocycles. The second-order valence-corrected chi connectivity index (χ2v) is 9.57. The van der Waals surface area contributed by atoms with Crippen LogP contribution in [-0.4, -0.2) is 34.1 Å². The van der Waals surface area contributed by atoms with Crippen molar-refractivity contribution in [2.75, 3.05) is 18.5 Å². The van der Waals surface area contributed by atoms with Crippen molar-refractivity contribution in [2.45, 2.75) is 26.4 Å². The van der Waals surface area contributed by atoms with Gasteiger partial charge in [0.25, 0.3) is 11.5 Å². The van der Waals surface area contributed by atoms with Gasteiger partial charge in [0, 0.05) is 17.8 Å². The van der Waals surface area contributed by atoms with Gasteiger partial charge >= 0.3 is 5.69 Å². The summed E-state index contributed by atoms with van der Waals surface area (Å²) < 4.78 is 13.0. The van der Waals surface area contributed by atoms with Crippen molar-refractivity contribution in [3.05, 3.63) is 129 Å². The number of ether oxygens (including phenoxy) is 1. The molecular formula is C32H30N4O6. The molecule has 10 heteroatoms. The predicted molar refractivity (Wildman–Crippen MR) is 159 cm³/mol. The average Bonchev–Trinajstić information content (AvgIpc) is 3.52. The zero-order valence-corrected chi connectivity index (χ0v) is 23.0. The highest BCUT2D eigenvalue weighted by atomic mass is 16.5. The number of amides is 2. The van der Waals surface area contributed by atoms with Gasteiger partial charge in [-0.15, -0.1) is 0 Å². The third-order valence-corrected chi connectivity index (χ3v) is 6.67. The predicted octanol–water partition coefficient (Wildman–Crippen LogP) is 3.81. The van der Waals surface area contributed by atoms with E-state index in [0.717, 1.165) is 10.1 Å². The molecule has 0 unspecified atom stereocenters.